The fourth-order valence-corrected chi connectivity index (χ4v) is 4.83. The Kier molecular flexibility index (Phi) is 8.20. The van der Waals surface area contributed by atoms with Crippen molar-refractivity contribution in [1.29, 1.82) is 0 Å². The van der Waals surface area contributed by atoms with Gasteiger partial charge in [-0.15, -0.1) is 12.4 Å². The van der Waals surface area contributed by atoms with Crippen LogP contribution in [0.25, 0.3) is 10.9 Å². The molecule has 182 valence electrons. The fourth-order valence-electron chi connectivity index (χ4n) is 4.83. The molecular weight excluding hydrogens is 454 g/mol. The van der Waals surface area contributed by atoms with Crippen molar-refractivity contribution in [2.24, 2.45) is 7.05 Å². The number of aromatic nitrogens is 2. The third-order valence-corrected chi connectivity index (χ3v) is 6.62. The Bertz CT molecular complexity index is 1240. The number of amides is 1. The summed E-state index contributed by atoms with van der Waals surface area (Å²) < 4.78 is 8.84. The maximum atomic E-state index is 13.6. The van der Waals surface area contributed by atoms with Gasteiger partial charge in [-0.3, -0.25) is 14.4 Å². The molecule has 0 saturated heterocycles. The molecule has 0 bridgehead atoms. The van der Waals surface area contributed by atoms with Crippen LogP contribution in [0.4, 0.5) is 0 Å². The number of nitrogens with one attached hydrogen (secondary N) is 1. The van der Waals surface area contributed by atoms with E-state index in [2.05, 4.69) is 5.32 Å². The summed E-state index contributed by atoms with van der Waals surface area (Å²) in [5.41, 5.74) is 1.94. The number of hydrogen-bond donors (Lipinski definition) is 1. The second kappa shape index (κ2) is 10.9. The van der Waals surface area contributed by atoms with Crippen molar-refractivity contribution in [2.75, 3.05) is 7.11 Å². The molecule has 2 heterocycles. The summed E-state index contributed by atoms with van der Waals surface area (Å²) >= 11 is 0. The summed E-state index contributed by atoms with van der Waals surface area (Å²) in [6, 6.07) is 11.0. The molecular formula is C26H32ClN3O4. The molecule has 1 aliphatic carbocycles. The molecule has 1 N–H and O–H groups in total. The molecule has 1 fully saturated rings. The van der Waals surface area contributed by atoms with Crippen molar-refractivity contribution in [3.8, 4) is 5.75 Å². The molecule has 0 spiro atoms. The first-order chi connectivity index (χ1) is 16.0. The summed E-state index contributed by atoms with van der Waals surface area (Å²) in [7, 11) is 3.25. The molecule has 2 aromatic heterocycles. The Morgan fingerprint density at radius 3 is 2.41 bits per heavy atom. The zero-order valence-corrected chi connectivity index (χ0v) is 20.7. The lowest BCUT2D eigenvalue weighted by atomic mass is 9.95. The number of hydrogen-bond acceptors (Lipinski definition) is 4. The molecule has 1 aromatic carbocycles. The largest absolute Gasteiger partial charge is 0.493 e. The minimum Gasteiger partial charge on any atom is -0.493 e. The van der Waals surface area contributed by atoms with Crippen LogP contribution in [0.1, 0.15) is 65.6 Å². The van der Waals surface area contributed by atoms with Crippen LogP contribution in [0, 0.1) is 0 Å². The van der Waals surface area contributed by atoms with E-state index in [1.807, 2.05) is 19.1 Å². The molecule has 3 aromatic rings. The van der Waals surface area contributed by atoms with E-state index in [1.165, 1.54) is 18.1 Å². The number of ether oxygens (including phenoxy) is 1. The van der Waals surface area contributed by atoms with E-state index in [1.54, 1.807) is 35.9 Å². The minimum absolute atomic E-state index is 0. The molecule has 0 radical (unpaired) electrons. The normalized spacial score (nSPS) is 14.0. The first-order valence-electron chi connectivity index (χ1n) is 11.6. The highest BCUT2D eigenvalue weighted by Crippen LogP contribution is 2.31. The van der Waals surface area contributed by atoms with Crippen LogP contribution < -0.4 is 15.6 Å². The van der Waals surface area contributed by atoms with Gasteiger partial charge in [0.2, 0.25) is 0 Å². The zero-order valence-electron chi connectivity index (χ0n) is 19.9. The number of aryl methyl sites for hydroxylation is 2. The topological polar surface area (TPSA) is 82.3 Å². The van der Waals surface area contributed by atoms with Crippen LogP contribution in [0.15, 0.2) is 41.2 Å². The molecule has 1 aliphatic rings. The van der Waals surface area contributed by atoms with Gasteiger partial charge in [-0.2, -0.15) is 0 Å². The molecule has 7 nitrogen and oxygen atoms in total. The van der Waals surface area contributed by atoms with Gasteiger partial charge in [0.1, 0.15) is 5.39 Å². The number of nitrogens with zero attached hydrogens (tertiary/aromatic N) is 2. The molecule has 0 aliphatic heterocycles. The number of carbonyl (C=O) groups excluding carboxylic acids is 2. The summed E-state index contributed by atoms with van der Waals surface area (Å²) in [4.78, 5) is 39.7. The number of Topliss-reactive ketones (excluding diaryl/α,β-unsaturated/α-hetero) is 1. The number of methoxy groups -OCH3 is 1. The van der Waals surface area contributed by atoms with E-state index >= 15 is 0 Å². The SMILES string of the molecule is CCc1cc2c(c(OC)c(C(=O)NC3CCCCC3)n2C)c(=O)n1CC(=O)c1ccccc1.Cl. The summed E-state index contributed by atoms with van der Waals surface area (Å²) in [6.07, 6.45) is 5.92. The lowest BCUT2D eigenvalue weighted by Crippen LogP contribution is -2.37. The highest BCUT2D eigenvalue weighted by Gasteiger charge is 2.28. The first kappa shape index (κ1) is 25.6. The molecule has 0 unspecified atom stereocenters. The number of fused-ring (bicyclic) bond motifs is 1. The third kappa shape index (κ3) is 4.75. The van der Waals surface area contributed by atoms with E-state index < -0.39 is 0 Å². The van der Waals surface area contributed by atoms with Gasteiger partial charge in [0.25, 0.3) is 11.5 Å². The molecule has 8 heteroatoms. The molecule has 1 saturated carbocycles. The van der Waals surface area contributed by atoms with Gasteiger partial charge in [0.15, 0.2) is 17.2 Å². The quantitative estimate of drug-likeness (QED) is 0.506. The van der Waals surface area contributed by atoms with Gasteiger partial charge in [-0.25, -0.2) is 0 Å². The molecule has 34 heavy (non-hydrogen) atoms. The number of halogens is 1. The van der Waals surface area contributed by atoms with Crippen LogP contribution >= 0.6 is 12.4 Å². The number of carbonyl (C=O) groups is 2. The molecule has 4 rings (SSSR count). The van der Waals surface area contributed by atoms with E-state index in [-0.39, 0.29) is 48.0 Å². The smallest absolute Gasteiger partial charge is 0.272 e. The van der Waals surface area contributed by atoms with Crippen molar-refractivity contribution < 1.29 is 14.3 Å². The Morgan fingerprint density at radius 1 is 1.12 bits per heavy atom. The Hall–Kier alpha value is -3.06. The second-order valence-electron chi connectivity index (χ2n) is 8.68. The van der Waals surface area contributed by atoms with E-state index in [0.29, 0.717) is 28.6 Å². The van der Waals surface area contributed by atoms with Gasteiger partial charge in [-0.1, -0.05) is 56.5 Å². The average Bonchev–Trinajstić information content (AvgIpc) is 3.13. The predicted molar refractivity (Wildman–Crippen MR) is 135 cm³/mol. The van der Waals surface area contributed by atoms with Gasteiger partial charge < -0.3 is 19.2 Å². The maximum Gasteiger partial charge on any atom is 0.272 e. The molecule has 0 atom stereocenters. The van der Waals surface area contributed by atoms with Crippen LogP contribution in [0.2, 0.25) is 0 Å². The first-order valence-corrected chi connectivity index (χ1v) is 11.6. The number of ketones is 1. The van der Waals surface area contributed by atoms with Crippen LogP contribution in [-0.2, 0) is 20.0 Å². The summed E-state index contributed by atoms with van der Waals surface area (Å²) in [6.45, 7) is 1.88. The van der Waals surface area contributed by atoms with E-state index in [9.17, 15) is 14.4 Å². The van der Waals surface area contributed by atoms with Crippen LogP contribution in [0.3, 0.4) is 0 Å². The van der Waals surface area contributed by atoms with Gasteiger partial charge in [0, 0.05) is 24.3 Å². The fraction of sp³-hybridized carbons (Fsp3) is 0.423. The Balaban J connectivity index is 0.00000324. The number of rotatable bonds is 7. The van der Waals surface area contributed by atoms with Gasteiger partial charge >= 0.3 is 0 Å². The summed E-state index contributed by atoms with van der Waals surface area (Å²) in [5, 5.41) is 3.45. The average molecular weight is 486 g/mol. The van der Waals surface area contributed by atoms with Crippen LogP contribution in [0.5, 0.6) is 5.75 Å². The highest BCUT2D eigenvalue weighted by molar-refractivity contribution is 6.04. The van der Waals surface area contributed by atoms with E-state index in [0.717, 1.165) is 31.4 Å². The van der Waals surface area contributed by atoms with Gasteiger partial charge in [0.05, 0.1) is 19.2 Å². The lowest BCUT2D eigenvalue weighted by Gasteiger charge is -2.23. The van der Waals surface area contributed by atoms with E-state index in [4.69, 9.17) is 4.74 Å². The Labute approximate surface area is 205 Å². The summed E-state index contributed by atoms with van der Waals surface area (Å²) in [5.74, 6) is -0.118. The minimum atomic E-state index is -0.321. The van der Waals surface area contributed by atoms with Crippen molar-refractivity contribution in [2.45, 2.75) is 58.0 Å². The number of pyridine rings is 1. The van der Waals surface area contributed by atoms with Crippen molar-refractivity contribution in [3.63, 3.8) is 0 Å². The highest BCUT2D eigenvalue weighted by atomic mass is 35.5. The van der Waals surface area contributed by atoms with Crippen LogP contribution in [-0.4, -0.2) is 34.0 Å². The maximum absolute atomic E-state index is 13.6. The lowest BCUT2D eigenvalue weighted by molar-refractivity contribution is 0.0915. The second-order valence-corrected chi connectivity index (χ2v) is 8.68. The standard InChI is InChI=1S/C26H31N3O4.ClH/c1-4-19-15-20-22(26(32)29(19)16-21(30)17-11-7-5-8-12-17)24(33-3)23(28(20)2)25(31)27-18-13-9-6-10-14-18;/h5,7-8,11-12,15,18H,4,6,9-10,13-14,16H2,1-3H3,(H,27,31);1H. The monoisotopic (exact) mass is 485 g/mol. The predicted octanol–water partition coefficient (Wildman–Crippen LogP) is 4.28. The molecule has 1 amide bonds. The third-order valence-electron chi connectivity index (χ3n) is 6.62. The van der Waals surface area contributed by atoms with Crippen molar-refractivity contribution in [3.05, 3.63) is 63.7 Å². The van der Waals surface area contributed by atoms with Crippen molar-refractivity contribution >= 4 is 35.0 Å². The Morgan fingerprint density at radius 2 is 1.79 bits per heavy atom. The number of benzene rings is 1. The zero-order chi connectivity index (χ0) is 23.5. The van der Waals surface area contributed by atoms with Crippen molar-refractivity contribution in [1.82, 2.24) is 14.5 Å². The van der Waals surface area contributed by atoms with Gasteiger partial charge in [-0.05, 0) is 25.3 Å².